The molecule has 1 N–H and O–H groups in total. The van der Waals surface area contributed by atoms with Crippen molar-refractivity contribution in [3.8, 4) is 0 Å². The zero-order chi connectivity index (χ0) is 14.8. The first-order chi connectivity index (χ1) is 9.41. The van der Waals surface area contributed by atoms with Gasteiger partial charge in [0.15, 0.2) is 0 Å². The van der Waals surface area contributed by atoms with Gasteiger partial charge in [0.05, 0.1) is 5.69 Å². The van der Waals surface area contributed by atoms with Crippen LogP contribution in [-0.2, 0) is 11.3 Å². The van der Waals surface area contributed by atoms with Crippen molar-refractivity contribution < 1.29 is 4.79 Å². The Hall–Kier alpha value is -1.46. The Morgan fingerprint density at radius 1 is 1.40 bits per heavy atom. The van der Waals surface area contributed by atoms with Crippen LogP contribution in [0.5, 0.6) is 0 Å². The first-order valence-electron chi connectivity index (χ1n) is 6.21. The Balaban J connectivity index is 2.22. The lowest BCUT2D eigenvalue weighted by molar-refractivity contribution is 0.102. The molecule has 4 nitrogen and oxygen atoms in total. The fraction of sp³-hybridized carbons (Fsp3) is 0.357. The average molecular weight is 310 g/mol. The molecule has 20 heavy (non-hydrogen) atoms. The number of amides is 1. The minimum absolute atomic E-state index is 0.184. The van der Waals surface area contributed by atoms with Crippen LogP contribution in [0.2, 0.25) is 0 Å². The highest BCUT2D eigenvalue weighted by Gasteiger charge is 2.26. The van der Waals surface area contributed by atoms with Gasteiger partial charge in [-0.15, -0.1) is 16.7 Å². The van der Waals surface area contributed by atoms with Crippen LogP contribution in [0, 0.1) is 0 Å². The van der Waals surface area contributed by atoms with Crippen LogP contribution in [0.1, 0.15) is 41.7 Å². The topological polar surface area (TPSA) is 54.9 Å². The molecule has 0 unspecified atom stereocenters. The Bertz CT molecular complexity index is 619. The maximum absolute atomic E-state index is 12.3. The monoisotopic (exact) mass is 309 g/mol. The van der Waals surface area contributed by atoms with Crippen molar-refractivity contribution in [2.75, 3.05) is 5.32 Å². The van der Waals surface area contributed by atoms with Gasteiger partial charge in [-0.2, -0.15) is 0 Å². The number of hydrogen-bond donors (Lipinski definition) is 1. The maximum atomic E-state index is 12.3. The molecule has 0 spiro atoms. The Morgan fingerprint density at radius 3 is 2.80 bits per heavy atom. The van der Waals surface area contributed by atoms with Crippen LogP contribution in [0.15, 0.2) is 24.3 Å². The van der Waals surface area contributed by atoms with E-state index in [-0.39, 0.29) is 11.3 Å². The molecule has 0 saturated heterocycles. The van der Waals surface area contributed by atoms with Gasteiger partial charge in [0.2, 0.25) is 0 Å². The summed E-state index contributed by atoms with van der Waals surface area (Å²) in [5.74, 6) is 0.232. The number of benzene rings is 1. The van der Waals surface area contributed by atoms with Crippen molar-refractivity contribution in [3.63, 3.8) is 0 Å². The largest absolute Gasteiger partial charge is 0.321 e. The van der Waals surface area contributed by atoms with Crippen molar-refractivity contribution in [3.05, 3.63) is 40.4 Å². The molecular formula is C14H16ClN3OS. The molecule has 0 radical (unpaired) electrons. The molecule has 1 aromatic carbocycles. The van der Waals surface area contributed by atoms with Crippen LogP contribution in [0.4, 0.5) is 5.69 Å². The van der Waals surface area contributed by atoms with Crippen LogP contribution in [-0.4, -0.2) is 15.5 Å². The van der Waals surface area contributed by atoms with Crippen LogP contribution in [0.25, 0.3) is 0 Å². The molecule has 2 rings (SSSR count). The van der Waals surface area contributed by atoms with E-state index in [0.717, 1.165) is 22.8 Å². The third-order valence-corrected chi connectivity index (χ3v) is 3.78. The number of rotatable bonds is 3. The van der Waals surface area contributed by atoms with E-state index in [1.165, 1.54) is 0 Å². The zero-order valence-corrected chi connectivity index (χ0v) is 13.2. The first kappa shape index (κ1) is 14.9. The van der Waals surface area contributed by atoms with Crippen molar-refractivity contribution in [2.45, 2.75) is 32.1 Å². The van der Waals surface area contributed by atoms with E-state index >= 15 is 0 Å². The zero-order valence-electron chi connectivity index (χ0n) is 11.6. The molecule has 0 bridgehead atoms. The number of alkyl halides is 1. The van der Waals surface area contributed by atoms with Gasteiger partial charge in [-0.25, -0.2) is 0 Å². The van der Waals surface area contributed by atoms with Gasteiger partial charge in [0.1, 0.15) is 4.88 Å². The highest BCUT2D eigenvalue weighted by atomic mass is 35.5. The number of aromatic nitrogens is 2. The summed E-state index contributed by atoms with van der Waals surface area (Å²) in [6.45, 7) is 6.03. The van der Waals surface area contributed by atoms with E-state index in [1.54, 1.807) is 0 Å². The molecule has 1 heterocycles. The second kappa shape index (κ2) is 5.89. The quantitative estimate of drug-likeness (QED) is 0.877. The summed E-state index contributed by atoms with van der Waals surface area (Å²) >= 11 is 6.90. The molecule has 0 aliphatic heterocycles. The van der Waals surface area contributed by atoms with Gasteiger partial charge < -0.3 is 5.32 Å². The van der Waals surface area contributed by atoms with Gasteiger partial charge in [-0.05, 0) is 29.2 Å². The Labute approximate surface area is 127 Å². The van der Waals surface area contributed by atoms with E-state index in [0.29, 0.717) is 16.5 Å². The SMILES string of the molecule is CC(C)(C)c1nnsc1C(=O)Nc1cccc(CCl)c1. The number of hydrogen-bond acceptors (Lipinski definition) is 4. The molecule has 2 aromatic rings. The lowest BCUT2D eigenvalue weighted by Gasteiger charge is -2.16. The number of carbonyl (C=O) groups is 1. The Kier molecular flexibility index (Phi) is 4.40. The number of nitrogens with one attached hydrogen (secondary N) is 1. The summed E-state index contributed by atoms with van der Waals surface area (Å²) in [7, 11) is 0. The highest BCUT2D eigenvalue weighted by molar-refractivity contribution is 7.08. The third kappa shape index (κ3) is 3.35. The average Bonchev–Trinajstić information content (AvgIpc) is 2.88. The Morgan fingerprint density at radius 2 is 2.15 bits per heavy atom. The number of halogens is 1. The van der Waals surface area contributed by atoms with E-state index in [1.807, 2.05) is 45.0 Å². The molecule has 0 aliphatic rings. The standard InChI is InChI=1S/C14H16ClN3OS/c1-14(2,3)12-11(20-18-17-12)13(19)16-10-6-4-5-9(7-10)8-15/h4-7H,8H2,1-3H3,(H,16,19). The minimum atomic E-state index is -0.211. The molecule has 0 atom stereocenters. The minimum Gasteiger partial charge on any atom is -0.321 e. The highest BCUT2D eigenvalue weighted by Crippen LogP contribution is 2.26. The smallest absolute Gasteiger partial charge is 0.269 e. The number of carbonyl (C=O) groups excluding carboxylic acids is 1. The van der Waals surface area contributed by atoms with E-state index in [2.05, 4.69) is 14.9 Å². The van der Waals surface area contributed by atoms with Gasteiger partial charge in [-0.1, -0.05) is 37.4 Å². The van der Waals surface area contributed by atoms with Gasteiger partial charge in [0, 0.05) is 17.0 Å². The molecule has 0 saturated carbocycles. The van der Waals surface area contributed by atoms with Crippen LogP contribution >= 0.6 is 23.1 Å². The molecule has 6 heteroatoms. The van der Waals surface area contributed by atoms with Gasteiger partial charge in [-0.3, -0.25) is 4.79 Å². The molecule has 1 aromatic heterocycles. The normalized spacial score (nSPS) is 11.4. The summed E-state index contributed by atoms with van der Waals surface area (Å²) in [4.78, 5) is 12.9. The molecule has 106 valence electrons. The third-order valence-electron chi connectivity index (χ3n) is 2.74. The fourth-order valence-electron chi connectivity index (χ4n) is 1.75. The summed E-state index contributed by atoms with van der Waals surface area (Å²) in [6.07, 6.45) is 0. The van der Waals surface area contributed by atoms with Crippen molar-refractivity contribution >= 4 is 34.7 Å². The van der Waals surface area contributed by atoms with E-state index in [4.69, 9.17) is 11.6 Å². The van der Waals surface area contributed by atoms with Crippen molar-refractivity contribution in [1.29, 1.82) is 0 Å². The summed E-state index contributed by atoms with van der Waals surface area (Å²) in [5.41, 5.74) is 2.19. The second-order valence-corrected chi connectivity index (χ2v) is 6.51. The van der Waals surface area contributed by atoms with Crippen LogP contribution in [0.3, 0.4) is 0 Å². The predicted molar refractivity (Wildman–Crippen MR) is 82.6 cm³/mol. The summed E-state index contributed by atoms with van der Waals surface area (Å²) < 4.78 is 3.89. The number of anilines is 1. The summed E-state index contributed by atoms with van der Waals surface area (Å²) in [6, 6.07) is 7.47. The molecule has 0 fully saturated rings. The maximum Gasteiger partial charge on any atom is 0.269 e. The predicted octanol–water partition coefficient (Wildman–Crippen LogP) is 3.83. The molecular weight excluding hydrogens is 294 g/mol. The van der Waals surface area contributed by atoms with E-state index in [9.17, 15) is 4.79 Å². The van der Waals surface area contributed by atoms with E-state index < -0.39 is 0 Å². The van der Waals surface area contributed by atoms with Crippen molar-refractivity contribution in [2.24, 2.45) is 0 Å². The van der Waals surface area contributed by atoms with Crippen molar-refractivity contribution in [1.82, 2.24) is 9.59 Å². The fourth-order valence-corrected chi connectivity index (χ4v) is 2.69. The van der Waals surface area contributed by atoms with Crippen LogP contribution < -0.4 is 5.32 Å². The van der Waals surface area contributed by atoms with Gasteiger partial charge >= 0.3 is 0 Å². The molecule has 0 aliphatic carbocycles. The summed E-state index contributed by atoms with van der Waals surface area (Å²) in [5, 5.41) is 6.93. The van der Waals surface area contributed by atoms with Gasteiger partial charge in [0.25, 0.3) is 5.91 Å². The molecule has 1 amide bonds. The lowest BCUT2D eigenvalue weighted by atomic mass is 9.91. The lowest BCUT2D eigenvalue weighted by Crippen LogP contribution is -2.19. The first-order valence-corrected chi connectivity index (χ1v) is 7.51. The second-order valence-electron chi connectivity index (χ2n) is 5.49. The number of nitrogens with zero attached hydrogens (tertiary/aromatic N) is 2.